The molecule has 0 aliphatic carbocycles. The van der Waals surface area contributed by atoms with Crippen LogP contribution in [0.4, 0.5) is 0 Å². The number of carbonyl (C=O) groups excluding carboxylic acids is 1. The monoisotopic (exact) mass is 141 g/mol. The Hall–Kier alpha value is -0.990. The van der Waals surface area contributed by atoms with Crippen LogP contribution in [0.3, 0.4) is 0 Å². The summed E-state index contributed by atoms with van der Waals surface area (Å²) in [5.41, 5.74) is 0. The van der Waals surface area contributed by atoms with Gasteiger partial charge in [0.1, 0.15) is 6.10 Å². The molecule has 1 aliphatic rings. The van der Waals surface area contributed by atoms with Gasteiger partial charge in [-0.15, -0.1) is 0 Å². The van der Waals surface area contributed by atoms with E-state index in [1.54, 1.807) is 0 Å². The summed E-state index contributed by atoms with van der Waals surface area (Å²) in [6.07, 6.45) is 4.52. The van der Waals surface area contributed by atoms with Crippen molar-refractivity contribution >= 4 is 5.97 Å². The third-order valence-electron chi connectivity index (χ3n) is 1.32. The van der Waals surface area contributed by atoms with Gasteiger partial charge in [-0.1, -0.05) is 0 Å². The van der Waals surface area contributed by atoms with E-state index in [2.05, 4.69) is 5.32 Å². The predicted octanol–water partition coefficient (Wildman–Crippen LogP) is 0.425. The zero-order valence-electron chi connectivity index (χ0n) is 5.96. The molecule has 3 nitrogen and oxygen atoms in total. The Labute approximate surface area is 60.1 Å². The molecular formula is C7H11NO2. The van der Waals surface area contributed by atoms with Gasteiger partial charge in [0.2, 0.25) is 0 Å². The van der Waals surface area contributed by atoms with Crippen LogP contribution in [0.5, 0.6) is 0 Å². The Balaban J connectivity index is 2.33. The second-order valence-corrected chi connectivity index (χ2v) is 2.25. The zero-order valence-corrected chi connectivity index (χ0v) is 5.96. The summed E-state index contributed by atoms with van der Waals surface area (Å²) in [6.45, 7) is 2.31. The number of hydrogen-bond donors (Lipinski definition) is 1. The van der Waals surface area contributed by atoms with E-state index in [0.29, 0.717) is 0 Å². The lowest BCUT2D eigenvalue weighted by Gasteiger charge is -2.16. The number of esters is 1. The fourth-order valence-electron chi connectivity index (χ4n) is 0.892. The molecule has 1 rings (SSSR count). The molecule has 56 valence electrons. The summed E-state index contributed by atoms with van der Waals surface area (Å²) in [6, 6.07) is 0. The van der Waals surface area contributed by atoms with Crippen molar-refractivity contribution in [3.05, 3.63) is 12.3 Å². The van der Waals surface area contributed by atoms with Crippen LogP contribution >= 0.6 is 0 Å². The number of rotatable bonds is 1. The molecule has 0 aromatic carbocycles. The van der Waals surface area contributed by atoms with E-state index >= 15 is 0 Å². The van der Waals surface area contributed by atoms with Gasteiger partial charge in [0.05, 0.1) is 0 Å². The van der Waals surface area contributed by atoms with E-state index in [4.69, 9.17) is 4.74 Å². The van der Waals surface area contributed by atoms with Gasteiger partial charge in [0.15, 0.2) is 0 Å². The minimum Gasteiger partial charge on any atom is -0.458 e. The number of ether oxygens (including phenoxy) is 1. The summed E-state index contributed by atoms with van der Waals surface area (Å²) in [5, 5.41) is 3.02. The van der Waals surface area contributed by atoms with Gasteiger partial charge in [0, 0.05) is 19.9 Å². The maximum absolute atomic E-state index is 10.4. The SMILES string of the molecule is CC(=O)OC1C=CNCC1. The van der Waals surface area contributed by atoms with Crippen LogP contribution in [0, 0.1) is 0 Å². The summed E-state index contributed by atoms with van der Waals surface area (Å²) in [4.78, 5) is 10.4. The lowest BCUT2D eigenvalue weighted by Crippen LogP contribution is -2.24. The molecule has 1 aliphatic heterocycles. The van der Waals surface area contributed by atoms with Gasteiger partial charge in [-0.05, 0) is 12.3 Å². The summed E-state index contributed by atoms with van der Waals surface area (Å²) in [5.74, 6) is -0.212. The lowest BCUT2D eigenvalue weighted by atomic mass is 10.2. The van der Waals surface area contributed by atoms with Crippen molar-refractivity contribution in [1.29, 1.82) is 0 Å². The number of carbonyl (C=O) groups is 1. The van der Waals surface area contributed by atoms with E-state index in [0.717, 1.165) is 13.0 Å². The largest absolute Gasteiger partial charge is 0.458 e. The summed E-state index contributed by atoms with van der Waals surface area (Å²) in [7, 11) is 0. The summed E-state index contributed by atoms with van der Waals surface area (Å²) >= 11 is 0. The van der Waals surface area contributed by atoms with Crippen molar-refractivity contribution in [2.75, 3.05) is 6.54 Å². The van der Waals surface area contributed by atoms with E-state index in [-0.39, 0.29) is 12.1 Å². The topological polar surface area (TPSA) is 38.3 Å². The van der Waals surface area contributed by atoms with Gasteiger partial charge < -0.3 is 10.1 Å². The highest BCUT2D eigenvalue weighted by atomic mass is 16.5. The predicted molar refractivity (Wildman–Crippen MR) is 37.3 cm³/mol. The summed E-state index contributed by atoms with van der Waals surface area (Å²) < 4.78 is 4.93. The Morgan fingerprint density at radius 2 is 2.60 bits per heavy atom. The molecule has 1 heterocycles. The molecule has 0 fully saturated rings. The maximum atomic E-state index is 10.4. The highest BCUT2D eigenvalue weighted by Gasteiger charge is 2.09. The second kappa shape index (κ2) is 3.25. The molecule has 10 heavy (non-hydrogen) atoms. The van der Waals surface area contributed by atoms with Crippen LogP contribution in [0.25, 0.3) is 0 Å². The molecule has 0 saturated carbocycles. The smallest absolute Gasteiger partial charge is 0.303 e. The Bertz CT molecular complexity index is 154. The standard InChI is InChI=1S/C7H11NO2/c1-6(9)10-7-2-4-8-5-3-7/h2,4,7-8H,3,5H2,1H3. The maximum Gasteiger partial charge on any atom is 0.303 e. The first-order valence-electron chi connectivity index (χ1n) is 3.36. The van der Waals surface area contributed by atoms with Crippen molar-refractivity contribution < 1.29 is 9.53 Å². The van der Waals surface area contributed by atoms with Crippen molar-refractivity contribution in [3.63, 3.8) is 0 Å². The molecule has 0 aromatic rings. The molecule has 0 amide bonds. The number of hydrogen-bond acceptors (Lipinski definition) is 3. The fourth-order valence-corrected chi connectivity index (χ4v) is 0.892. The minimum atomic E-state index is -0.212. The van der Waals surface area contributed by atoms with Gasteiger partial charge in [-0.3, -0.25) is 4.79 Å². The van der Waals surface area contributed by atoms with Crippen LogP contribution in [0.15, 0.2) is 12.3 Å². The molecular weight excluding hydrogens is 130 g/mol. The first-order valence-corrected chi connectivity index (χ1v) is 3.36. The van der Waals surface area contributed by atoms with Gasteiger partial charge in [-0.25, -0.2) is 0 Å². The van der Waals surface area contributed by atoms with E-state index < -0.39 is 0 Å². The van der Waals surface area contributed by atoms with E-state index in [1.165, 1.54) is 6.92 Å². The second-order valence-electron chi connectivity index (χ2n) is 2.25. The van der Waals surface area contributed by atoms with Crippen LogP contribution in [-0.4, -0.2) is 18.6 Å². The molecule has 0 radical (unpaired) electrons. The zero-order chi connectivity index (χ0) is 7.40. The molecule has 3 heteroatoms. The molecule has 1 atom stereocenters. The molecule has 0 saturated heterocycles. The molecule has 1 unspecified atom stereocenters. The average molecular weight is 141 g/mol. The Morgan fingerprint density at radius 3 is 3.10 bits per heavy atom. The quantitative estimate of drug-likeness (QED) is 0.538. The van der Waals surface area contributed by atoms with Gasteiger partial charge >= 0.3 is 5.97 Å². The average Bonchev–Trinajstić information content (AvgIpc) is 1.88. The first kappa shape index (κ1) is 7.12. The number of nitrogens with one attached hydrogen (secondary N) is 1. The highest BCUT2D eigenvalue weighted by molar-refractivity contribution is 5.66. The molecule has 0 aromatic heterocycles. The van der Waals surface area contributed by atoms with Crippen molar-refractivity contribution in [3.8, 4) is 0 Å². The van der Waals surface area contributed by atoms with Crippen LogP contribution < -0.4 is 5.32 Å². The fraction of sp³-hybridized carbons (Fsp3) is 0.571. The van der Waals surface area contributed by atoms with Crippen LogP contribution in [-0.2, 0) is 9.53 Å². The van der Waals surface area contributed by atoms with Gasteiger partial charge in [-0.2, -0.15) is 0 Å². The molecule has 1 N–H and O–H groups in total. The third-order valence-corrected chi connectivity index (χ3v) is 1.32. The van der Waals surface area contributed by atoms with E-state index in [1.807, 2.05) is 12.3 Å². The highest BCUT2D eigenvalue weighted by Crippen LogP contribution is 2.03. The van der Waals surface area contributed by atoms with Crippen molar-refractivity contribution in [2.24, 2.45) is 0 Å². The molecule has 0 bridgehead atoms. The third kappa shape index (κ3) is 2.09. The first-order chi connectivity index (χ1) is 4.79. The van der Waals surface area contributed by atoms with E-state index in [9.17, 15) is 4.79 Å². The van der Waals surface area contributed by atoms with Gasteiger partial charge in [0.25, 0.3) is 0 Å². The van der Waals surface area contributed by atoms with Crippen molar-refractivity contribution in [1.82, 2.24) is 5.32 Å². The van der Waals surface area contributed by atoms with Crippen molar-refractivity contribution in [2.45, 2.75) is 19.4 Å². The Morgan fingerprint density at radius 1 is 1.80 bits per heavy atom. The Kier molecular flexibility index (Phi) is 2.31. The minimum absolute atomic E-state index is 0.0150. The lowest BCUT2D eigenvalue weighted by molar-refractivity contribution is -0.144. The molecule has 0 spiro atoms. The normalized spacial score (nSPS) is 23.5. The van der Waals surface area contributed by atoms with Crippen LogP contribution in [0.1, 0.15) is 13.3 Å². The van der Waals surface area contributed by atoms with Crippen LogP contribution in [0.2, 0.25) is 0 Å².